The fourth-order valence-electron chi connectivity index (χ4n) is 1.44. The third-order valence-corrected chi connectivity index (χ3v) is 3.01. The van der Waals surface area contributed by atoms with Crippen molar-refractivity contribution < 1.29 is 14.7 Å². The maximum absolute atomic E-state index is 11.8. The smallest absolute Gasteiger partial charge is 0.337 e. The maximum Gasteiger partial charge on any atom is 0.337 e. The van der Waals surface area contributed by atoms with Crippen LogP contribution in [0, 0.1) is 5.92 Å². The van der Waals surface area contributed by atoms with Crippen molar-refractivity contribution in [1.82, 2.24) is 0 Å². The molecule has 0 spiro atoms. The molecule has 0 fully saturated rings. The fourth-order valence-corrected chi connectivity index (χ4v) is 1.80. The van der Waals surface area contributed by atoms with E-state index in [9.17, 15) is 9.59 Å². The molecule has 1 aromatic carbocycles. The van der Waals surface area contributed by atoms with Gasteiger partial charge < -0.3 is 16.2 Å². The van der Waals surface area contributed by atoms with E-state index in [-0.39, 0.29) is 23.1 Å². The van der Waals surface area contributed by atoms with Crippen LogP contribution < -0.4 is 11.1 Å². The molecule has 0 saturated heterocycles. The highest BCUT2D eigenvalue weighted by molar-refractivity contribution is 9.10. The number of hydrogen-bond donors (Lipinski definition) is 3. The van der Waals surface area contributed by atoms with Crippen molar-refractivity contribution in [3.8, 4) is 0 Å². The number of amides is 1. The highest BCUT2D eigenvalue weighted by Crippen LogP contribution is 2.22. The molecule has 0 aliphatic carbocycles. The number of carbonyl (C=O) groups excluding carboxylic acids is 1. The summed E-state index contributed by atoms with van der Waals surface area (Å²) in [6.45, 7) is 2.17. The second kappa shape index (κ2) is 6.51. The molecule has 0 bridgehead atoms. The Kier molecular flexibility index (Phi) is 5.30. The van der Waals surface area contributed by atoms with Crippen molar-refractivity contribution in [2.75, 3.05) is 11.9 Å². The SMILES string of the molecule is CC(CCN)C(=O)Nc1cc(Br)ccc1C(=O)O. The van der Waals surface area contributed by atoms with Crippen LogP contribution in [-0.4, -0.2) is 23.5 Å². The van der Waals surface area contributed by atoms with Gasteiger partial charge in [-0.2, -0.15) is 0 Å². The minimum absolute atomic E-state index is 0.0616. The van der Waals surface area contributed by atoms with Crippen LogP contribution in [0.2, 0.25) is 0 Å². The first kappa shape index (κ1) is 14.7. The molecule has 0 aliphatic rings. The molecule has 1 rings (SSSR count). The van der Waals surface area contributed by atoms with E-state index in [0.29, 0.717) is 17.4 Å². The Morgan fingerprint density at radius 1 is 1.50 bits per heavy atom. The second-order valence-corrected chi connectivity index (χ2v) is 4.88. The summed E-state index contributed by atoms with van der Waals surface area (Å²) >= 11 is 3.24. The largest absolute Gasteiger partial charge is 0.478 e. The van der Waals surface area contributed by atoms with E-state index >= 15 is 0 Å². The zero-order chi connectivity index (χ0) is 13.7. The summed E-state index contributed by atoms with van der Waals surface area (Å²) in [5, 5.41) is 11.6. The van der Waals surface area contributed by atoms with E-state index in [0.717, 1.165) is 0 Å². The number of nitrogens with one attached hydrogen (secondary N) is 1. The number of aromatic carboxylic acids is 1. The van der Waals surface area contributed by atoms with Gasteiger partial charge in [0, 0.05) is 10.4 Å². The molecule has 98 valence electrons. The quantitative estimate of drug-likeness (QED) is 0.775. The molecule has 0 aromatic heterocycles. The zero-order valence-electron chi connectivity index (χ0n) is 9.94. The van der Waals surface area contributed by atoms with Gasteiger partial charge in [0.2, 0.25) is 5.91 Å². The highest BCUT2D eigenvalue weighted by Gasteiger charge is 2.16. The molecule has 1 unspecified atom stereocenters. The van der Waals surface area contributed by atoms with Crippen molar-refractivity contribution in [1.29, 1.82) is 0 Å². The number of carboxylic acid groups (broad SMARTS) is 1. The predicted octanol–water partition coefficient (Wildman–Crippen LogP) is 2.07. The molecule has 5 nitrogen and oxygen atoms in total. The average Bonchev–Trinajstić information content (AvgIpc) is 2.28. The second-order valence-electron chi connectivity index (χ2n) is 3.96. The van der Waals surface area contributed by atoms with Crippen molar-refractivity contribution in [3.63, 3.8) is 0 Å². The third-order valence-electron chi connectivity index (χ3n) is 2.52. The van der Waals surface area contributed by atoms with Crippen LogP contribution in [0.3, 0.4) is 0 Å². The first-order valence-electron chi connectivity index (χ1n) is 5.49. The van der Waals surface area contributed by atoms with Gasteiger partial charge in [-0.05, 0) is 31.2 Å². The molecule has 0 aliphatic heterocycles. The Labute approximate surface area is 113 Å². The molecular formula is C12H15BrN2O3. The van der Waals surface area contributed by atoms with Gasteiger partial charge in [0.15, 0.2) is 0 Å². The Bertz CT molecular complexity index is 463. The summed E-state index contributed by atoms with van der Waals surface area (Å²) in [6, 6.07) is 4.62. The Hall–Kier alpha value is -1.40. The lowest BCUT2D eigenvalue weighted by atomic mass is 10.1. The summed E-state index contributed by atoms with van der Waals surface area (Å²) < 4.78 is 0.703. The summed E-state index contributed by atoms with van der Waals surface area (Å²) in [4.78, 5) is 22.8. The summed E-state index contributed by atoms with van der Waals surface area (Å²) in [7, 11) is 0. The first-order chi connectivity index (χ1) is 8.45. The molecule has 6 heteroatoms. The fraction of sp³-hybridized carbons (Fsp3) is 0.333. The van der Waals surface area contributed by atoms with Gasteiger partial charge in [0.1, 0.15) is 0 Å². The number of nitrogens with two attached hydrogens (primary N) is 1. The van der Waals surface area contributed by atoms with Crippen molar-refractivity contribution in [2.24, 2.45) is 11.7 Å². The summed E-state index contributed by atoms with van der Waals surface area (Å²) in [5.41, 5.74) is 5.73. The van der Waals surface area contributed by atoms with Crippen LogP contribution in [0.4, 0.5) is 5.69 Å². The van der Waals surface area contributed by atoms with Gasteiger partial charge in [-0.3, -0.25) is 4.79 Å². The van der Waals surface area contributed by atoms with Crippen LogP contribution in [0.25, 0.3) is 0 Å². The minimum atomic E-state index is -1.08. The van der Waals surface area contributed by atoms with Gasteiger partial charge in [0.25, 0.3) is 0 Å². The standard InChI is InChI=1S/C12H15BrN2O3/c1-7(4-5-14)11(16)15-10-6-8(13)2-3-9(10)12(17)18/h2-3,6-7H,4-5,14H2,1H3,(H,15,16)(H,17,18). The third kappa shape index (κ3) is 3.82. The lowest BCUT2D eigenvalue weighted by Gasteiger charge is -2.13. The Balaban J connectivity index is 2.92. The number of benzene rings is 1. The van der Waals surface area contributed by atoms with E-state index in [1.807, 2.05) is 0 Å². The molecule has 0 heterocycles. The van der Waals surface area contributed by atoms with E-state index in [2.05, 4.69) is 21.2 Å². The van der Waals surface area contributed by atoms with E-state index < -0.39 is 5.97 Å². The maximum atomic E-state index is 11.8. The number of rotatable bonds is 5. The molecule has 1 aromatic rings. The number of halogens is 1. The summed E-state index contributed by atoms with van der Waals surface area (Å²) in [6.07, 6.45) is 0.558. The first-order valence-corrected chi connectivity index (χ1v) is 6.28. The molecule has 1 amide bonds. The monoisotopic (exact) mass is 314 g/mol. The number of hydrogen-bond acceptors (Lipinski definition) is 3. The summed E-state index contributed by atoms with van der Waals surface area (Å²) in [5.74, 6) is -1.57. The van der Waals surface area contributed by atoms with Gasteiger partial charge in [-0.25, -0.2) is 4.79 Å². The van der Waals surface area contributed by atoms with Crippen LogP contribution >= 0.6 is 15.9 Å². The predicted molar refractivity (Wildman–Crippen MR) is 72.6 cm³/mol. The van der Waals surface area contributed by atoms with E-state index in [1.165, 1.54) is 6.07 Å². The van der Waals surface area contributed by atoms with Crippen molar-refractivity contribution in [2.45, 2.75) is 13.3 Å². The Morgan fingerprint density at radius 3 is 2.72 bits per heavy atom. The Morgan fingerprint density at radius 2 is 2.17 bits per heavy atom. The lowest BCUT2D eigenvalue weighted by Crippen LogP contribution is -2.23. The molecular weight excluding hydrogens is 300 g/mol. The topological polar surface area (TPSA) is 92.4 Å². The van der Waals surface area contributed by atoms with Gasteiger partial charge in [-0.15, -0.1) is 0 Å². The molecule has 4 N–H and O–H groups in total. The molecule has 1 atom stereocenters. The highest BCUT2D eigenvalue weighted by atomic mass is 79.9. The van der Waals surface area contributed by atoms with Crippen LogP contribution in [0.1, 0.15) is 23.7 Å². The van der Waals surface area contributed by atoms with Crippen molar-refractivity contribution in [3.05, 3.63) is 28.2 Å². The molecule has 0 radical (unpaired) electrons. The lowest BCUT2D eigenvalue weighted by molar-refractivity contribution is -0.119. The zero-order valence-corrected chi connectivity index (χ0v) is 11.5. The van der Waals surface area contributed by atoms with Crippen molar-refractivity contribution >= 4 is 33.5 Å². The van der Waals surface area contributed by atoms with Crippen LogP contribution in [-0.2, 0) is 4.79 Å². The normalized spacial score (nSPS) is 11.9. The van der Waals surface area contributed by atoms with Crippen LogP contribution in [0.15, 0.2) is 22.7 Å². The van der Waals surface area contributed by atoms with E-state index in [1.54, 1.807) is 19.1 Å². The average molecular weight is 315 g/mol. The van der Waals surface area contributed by atoms with Gasteiger partial charge in [-0.1, -0.05) is 22.9 Å². The number of carbonyl (C=O) groups is 2. The number of carboxylic acids is 1. The van der Waals surface area contributed by atoms with E-state index in [4.69, 9.17) is 10.8 Å². The molecule has 0 saturated carbocycles. The van der Waals surface area contributed by atoms with Gasteiger partial charge >= 0.3 is 5.97 Å². The van der Waals surface area contributed by atoms with Crippen LogP contribution in [0.5, 0.6) is 0 Å². The minimum Gasteiger partial charge on any atom is -0.478 e. The molecule has 18 heavy (non-hydrogen) atoms. The number of anilines is 1. The van der Waals surface area contributed by atoms with Gasteiger partial charge in [0.05, 0.1) is 11.3 Å².